The van der Waals surface area contributed by atoms with Crippen molar-refractivity contribution >= 4 is 39.4 Å². The average Bonchev–Trinajstić information content (AvgIpc) is 3.70. The molecule has 1 N–H and O–H groups in total. The normalized spacial score (nSPS) is 18.8. The maximum Gasteiger partial charge on any atom is 0.262 e. The molecule has 338 valence electrons. The quantitative estimate of drug-likeness (QED) is 0.0933. The van der Waals surface area contributed by atoms with E-state index < -0.39 is 45.4 Å². The van der Waals surface area contributed by atoms with Crippen LogP contribution in [0.15, 0.2) is 48.5 Å². The molecule has 0 aliphatic carbocycles. The monoisotopic (exact) mass is 886 g/mol. The van der Waals surface area contributed by atoms with Gasteiger partial charge in [0.1, 0.15) is 21.7 Å². The maximum atomic E-state index is 15.4. The van der Waals surface area contributed by atoms with Crippen LogP contribution in [0.5, 0.6) is 11.5 Å². The fraction of sp³-hybridized carbons (Fsp3) is 0.521. The number of sulfone groups is 1. The SMILES string of the molecule is CCOc1cc([C@@H](CS(C)(=O)=O)N2C(=O)c3cccc(CCCCCCCCCCN4CCC(c5cc6c(cc5F)C(=O)N(C5CCC(=O)NC5=O)C6)CC4)c3C2=O)ccc1OC. The molecule has 4 aliphatic heterocycles. The first-order chi connectivity index (χ1) is 30.3. The number of nitrogens with zero attached hydrogens (tertiary/aromatic N) is 3. The number of carbonyl (C=O) groups excluding carboxylic acids is 5. The Morgan fingerprint density at radius 3 is 2.22 bits per heavy atom. The summed E-state index contributed by atoms with van der Waals surface area (Å²) in [7, 11) is -2.10. The Kier molecular flexibility index (Phi) is 14.7. The van der Waals surface area contributed by atoms with Crippen molar-refractivity contribution in [1.82, 2.24) is 20.0 Å². The standard InChI is InChI=1S/C48H59FN4O9S/c1-4-62-42-27-33(17-19-41(42)61-2)40(30-63(3,59)60)53-47(57)35-16-13-15-32(44(35)48(53)58)14-11-9-7-5-6-8-10-12-23-51-24-21-31(22-25-51)36-26-34-29-52(46(56)37(34)28-38(36)49)39-18-20-43(54)50-45(39)55/h13,15-17,19,26-28,31,39-40H,4-12,14,18,20-25,29-30H2,1-3H3,(H,50,54,55)/t39?,40-/m1/s1. The van der Waals surface area contributed by atoms with E-state index in [1.165, 1.54) is 18.1 Å². The highest BCUT2D eigenvalue weighted by molar-refractivity contribution is 7.90. The zero-order valence-electron chi connectivity index (χ0n) is 36.6. The van der Waals surface area contributed by atoms with Crippen LogP contribution in [0.2, 0.25) is 0 Å². The van der Waals surface area contributed by atoms with E-state index in [-0.39, 0.29) is 42.9 Å². The molecule has 0 aromatic heterocycles. The minimum Gasteiger partial charge on any atom is -0.493 e. The molecule has 4 heterocycles. The lowest BCUT2D eigenvalue weighted by Gasteiger charge is -2.32. The molecular formula is C48H59FN4O9S. The molecule has 2 saturated heterocycles. The van der Waals surface area contributed by atoms with Crippen molar-refractivity contribution in [2.45, 2.75) is 115 Å². The highest BCUT2D eigenvalue weighted by atomic mass is 32.2. The summed E-state index contributed by atoms with van der Waals surface area (Å²) in [4.78, 5) is 70.0. The zero-order valence-corrected chi connectivity index (χ0v) is 37.4. The molecule has 2 fully saturated rings. The molecule has 15 heteroatoms. The third kappa shape index (κ3) is 10.5. The summed E-state index contributed by atoms with van der Waals surface area (Å²) >= 11 is 0. The van der Waals surface area contributed by atoms with E-state index in [4.69, 9.17) is 9.47 Å². The summed E-state index contributed by atoms with van der Waals surface area (Å²) in [5, 5.41) is 2.31. The Balaban J connectivity index is 0.813. The lowest BCUT2D eigenvalue weighted by atomic mass is 9.87. The number of hydrogen-bond acceptors (Lipinski definition) is 10. The Hall–Kier alpha value is -5.15. The van der Waals surface area contributed by atoms with Crippen molar-refractivity contribution in [2.24, 2.45) is 0 Å². The van der Waals surface area contributed by atoms with E-state index in [1.807, 2.05) is 19.1 Å². The molecule has 5 amide bonds. The predicted molar refractivity (Wildman–Crippen MR) is 235 cm³/mol. The van der Waals surface area contributed by atoms with Crippen molar-refractivity contribution < 1.29 is 46.3 Å². The van der Waals surface area contributed by atoms with Gasteiger partial charge in [-0.2, -0.15) is 0 Å². The van der Waals surface area contributed by atoms with E-state index in [2.05, 4.69) is 10.2 Å². The molecular weight excluding hydrogens is 828 g/mol. The molecule has 0 bridgehead atoms. The van der Waals surface area contributed by atoms with Gasteiger partial charge in [-0.05, 0) is 118 Å². The van der Waals surface area contributed by atoms with Crippen LogP contribution >= 0.6 is 0 Å². The summed E-state index contributed by atoms with van der Waals surface area (Å²) in [5.41, 5.74) is 3.62. The minimum absolute atomic E-state index is 0.0750. The molecule has 4 aliphatic rings. The Labute approximate surface area is 369 Å². The number of carbonyl (C=O) groups is 5. The lowest BCUT2D eigenvalue weighted by molar-refractivity contribution is -0.136. The van der Waals surface area contributed by atoms with E-state index in [0.29, 0.717) is 52.3 Å². The van der Waals surface area contributed by atoms with Crippen LogP contribution < -0.4 is 14.8 Å². The number of imide groups is 2. The number of benzene rings is 3. The summed E-state index contributed by atoms with van der Waals surface area (Å²) in [6, 6.07) is 11.7. The fourth-order valence-corrected chi connectivity index (χ4v) is 10.7. The Morgan fingerprint density at radius 1 is 0.825 bits per heavy atom. The molecule has 2 atom stereocenters. The van der Waals surface area contributed by atoms with Crippen molar-refractivity contribution in [3.05, 3.63) is 93.3 Å². The number of rotatable bonds is 20. The van der Waals surface area contributed by atoms with Crippen molar-refractivity contribution in [2.75, 3.05) is 45.4 Å². The van der Waals surface area contributed by atoms with Gasteiger partial charge in [-0.3, -0.25) is 34.2 Å². The lowest BCUT2D eigenvalue weighted by Crippen LogP contribution is -2.52. The number of halogens is 1. The van der Waals surface area contributed by atoms with Crippen LogP contribution in [-0.4, -0.2) is 104 Å². The highest BCUT2D eigenvalue weighted by Gasteiger charge is 2.43. The number of amides is 5. The van der Waals surface area contributed by atoms with Crippen LogP contribution in [0.25, 0.3) is 0 Å². The van der Waals surface area contributed by atoms with Gasteiger partial charge in [-0.1, -0.05) is 62.8 Å². The second-order valence-electron chi connectivity index (χ2n) is 17.4. The zero-order chi connectivity index (χ0) is 44.8. The third-order valence-electron chi connectivity index (χ3n) is 13.0. The number of unbranched alkanes of at least 4 members (excludes halogenated alkanes) is 7. The first-order valence-electron chi connectivity index (χ1n) is 22.5. The van der Waals surface area contributed by atoms with Crippen LogP contribution in [0, 0.1) is 5.82 Å². The fourth-order valence-electron chi connectivity index (χ4n) is 9.74. The Bertz CT molecular complexity index is 2350. The van der Waals surface area contributed by atoms with Gasteiger partial charge in [0.25, 0.3) is 17.7 Å². The largest absolute Gasteiger partial charge is 0.493 e. The average molecular weight is 887 g/mol. The second kappa shape index (κ2) is 20.1. The maximum absolute atomic E-state index is 15.4. The number of aryl methyl sites for hydroxylation is 1. The summed E-state index contributed by atoms with van der Waals surface area (Å²) < 4.78 is 51.8. The smallest absolute Gasteiger partial charge is 0.262 e. The molecule has 3 aromatic carbocycles. The molecule has 13 nitrogen and oxygen atoms in total. The van der Waals surface area contributed by atoms with Gasteiger partial charge in [0.05, 0.1) is 36.6 Å². The van der Waals surface area contributed by atoms with Gasteiger partial charge in [0, 0.05) is 24.8 Å². The van der Waals surface area contributed by atoms with Crippen molar-refractivity contribution in [1.29, 1.82) is 0 Å². The van der Waals surface area contributed by atoms with Gasteiger partial charge < -0.3 is 19.3 Å². The van der Waals surface area contributed by atoms with Gasteiger partial charge >= 0.3 is 0 Å². The number of likely N-dealkylation sites (tertiary alicyclic amines) is 1. The number of fused-ring (bicyclic) bond motifs is 2. The first kappa shape index (κ1) is 45.9. The first-order valence-corrected chi connectivity index (χ1v) is 24.5. The number of hydrogen-bond donors (Lipinski definition) is 1. The highest BCUT2D eigenvalue weighted by Crippen LogP contribution is 2.39. The molecule has 0 saturated carbocycles. The molecule has 3 aromatic rings. The molecule has 63 heavy (non-hydrogen) atoms. The number of ether oxygens (including phenoxy) is 2. The van der Waals surface area contributed by atoms with Crippen molar-refractivity contribution in [3.8, 4) is 11.5 Å². The van der Waals surface area contributed by atoms with Gasteiger partial charge in [0.2, 0.25) is 11.8 Å². The number of piperidine rings is 2. The summed E-state index contributed by atoms with van der Waals surface area (Å²) in [5.74, 6) is -2.00. The van der Waals surface area contributed by atoms with Gasteiger partial charge in [-0.25, -0.2) is 12.8 Å². The minimum atomic E-state index is -3.60. The summed E-state index contributed by atoms with van der Waals surface area (Å²) in [6.45, 7) is 5.21. The Morgan fingerprint density at radius 2 is 1.54 bits per heavy atom. The third-order valence-corrected chi connectivity index (χ3v) is 13.9. The molecule has 1 unspecified atom stereocenters. The molecule has 0 spiro atoms. The molecule has 0 radical (unpaired) electrons. The number of nitrogens with one attached hydrogen (secondary N) is 1. The van der Waals surface area contributed by atoms with E-state index in [9.17, 15) is 32.4 Å². The van der Waals surface area contributed by atoms with Crippen molar-refractivity contribution in [3.63, 3.8) is 0 Å². The second-order valence-corrected chi connectivity index (χ2v) is 19.6. The van der Waals surface area contributed by atoms with E-state index in [0.717, 1.165) is 106 Å². The van der Waals surface area contributed by atoms with Crippen LogP contribution in [0.3, 0.4) is 0 Å². The van der Waals surface area contributed by atoms with Gasteiger partial charge in [-0.15, -0.1) is 0 Å². The summed E-state index contributed by atoms with van der Waals surface area (Å²) in [6.07, 6.45) is 12.5. The van der Waals surface area contributed by atoms with Gasteiger partial charge in [0.15, 0.2) is 11.5 Å². The topological polar surface area (TPSA) is 160 Å². The van der Waals surface area contributed by atoms with Crippen LogP contribution in [0.4, 0.5) is 4.39 Å². The van der Waals surface area contributed by atoms with Crippen LogP contribution in [-0.2, 0) is 32.4 Å². The van der Waals surface area contributed by atoms with Crippen LogP contribution in [0.1, 0.15) is 149 Å². The molecule has 7 rings (SSSR count). The number of methoxy groups -OCH3 is 1. The predicted octanol–water partition coefficient (Wildman–Crippen LogP) is 6.92. The van der Waals surface area contributed by atoms with E-state index >= 15 is 4.39 Å². The van der Waals surface area contributed by atoms with E-state index in [1.54, 1.807) is 30.3 Å².